The van der Waals surface area contributed by atoms with Crippen molar-refractivity contribution in [1.82, 2.24) is 5.32 Å². The molecule has 0 aromatic heterocycles. The highest BCUT2D eigenvalue weighted by molar-refractivity contribution is 5.87. The normalized spacial score (nSPS) is 13.0. The van der Waals surface area contributed by atoms with Crippen molar-refractivity contribution in [1.29, 1.82) is 0 Å². The molecule has 0 aliphatic rings. The van der Waals surface area contributed by atoms with Gasteiger partial charge >= 0.3 is 5.97 Å². The molecule has 104 valence electrons. The lowest BCUT2D eigenvalue weighted by Crippen LogP contribution is -2.51. The fraction of sp³-hybridized carbons (Fsp3) is 0.778. The van der Waals surface area contributed by atoms with E-state index in [0.29, 0.717) is 6.42 Å². The molecular weight excluding hydrogens is 269 g/mol. The van der Waals surface area contributed by atoms with Crippen LogP contribution in [0.4, 0.5) is 0 Å². The number of carbonyl (C=O) groups excluding carboxylic acids is 1. The molecule has 0 saturated heterocycles. The summed E-state index contributed by atoms with van der Waals surface area (Å²) in [5, 5.41) is 11.2. The van der Waals surface area contributed by atoms with Gasteiger partial charge in [-0.1, -0.05) is 13.8 Å². The number of hydrogen-bond acceptors (Lipinski definition) is 4. The lowest BCUT2D eigenvalue weighted by atomic mass is 10.0. The highest BCUT2D eigenvalue weighted by Crippen LogP contribution is 2.04. The highest BCUT2D eigenvalue weighted by Gasteiger charge is 2.23. The Morgan fingerprint density at radius 3 is 2.06 bits per heavy atom. The Bertz CT molecular complexity index is 240. The number of carboxylic acid groups (broad SMARTS) is 1. The zero-order valence-corrected chi connectivity index (χ0v) is 11.5. The Hall–Kier alpha value is -0.560. The summed E-state index contributed by atoms with van der Waals surface area (Å²) in [6.45, 7) is 3.76. The summed E-state index contributed by atoms with van der Waals surface area (Å²) in [5.74, 6) is -1.40. The number of carbonyl (C=O) groups is 2. The molecule has 0 saturated carbocycles. The van der Waals surface area contributed by atoms with E-state index < -0.39 is 24.0 Å². The number of hydrogen-bond donors (Lipinski definition) is 4. The van der Waals surface area contributed by atoms with Crippen LogP contribution in [0.3, 0.4) is 0 Å². The molecule has 17 heavy (non-hydrogen) atoms. The molecule has 0 aromatic carbocycles. The highest BCUT2D eigenvalue weighted by atomic mass is 35.5. The lowest BCUT2D eigenvalue weighted by Gasteiger charge is -2.18. The molecule has 0 aliphatic heterocycles. The van der Waals surface area contributed by atoms with Crippen LogP contribution in [0.5, 0.6) is 0 Å². The molecule has 0 bridgehead atoms. The maximum atomic E-state index is 11.3. The Balaban J connectivity index is -0.000000980. The van der Waals surface area contributed by atoms with Crippen molar-refractivity contribution in [3.05, 3.63) is 0 Å². The molecule has 8 heteroatoms. The predicted octanol–water partition coefficient (Wildman–Crippen LogP) is -0.268. The minimum Gasteiger partial charge on any atom is -0.480 e. The van der Waals surface area contributed by atoms with Crippen LogP contribution in [-0.2, 0) is 9.59 Å². The fourth-order valence-electron chi connectivity index (χ4n) is 1.08. The minimum absolute atomic E-state index is 0. The maximum absolute atomic E-state index is 11.3. The fourth-order valence-corrected chi connectivity index (χ4v) is 1.08. The summed E-state index contributed by atoms with van der Waals surface area (Å²) in [5.41, 5.74) is 10.6. The molecule has 0 aliphatic carbocycles. The third kappa shape index (κ3) is 9.17. The molecule has 0 fully saturated rings. The van der Waals surface area contributed by atoms with Crippen molar-refractivity contribution >= 4 is 36.7 Å². The first-order valence-corrected chi connectivity index (χ1v) is 4.87. The predicted molar refractivity (Wildman–Crippen MR) is 70.5 cm³/mol. The minimum atomic E-state index is -1.05. The van der Waals surface area contributed by atoms with Gasteiger partial charge in [0.25, 0.3) is 0 Å². The van der Waals surface area contributed by atoms with Gasteiger partial charge in [0.15, 0.2) is 0 Å². The van der Waals surface area contributed by atoms with Gasteiger partial charge in [-0.2, -0.15) is 0 Å². The number of rotatable bonds is 6. The van der Waals surface area contributed by atoms with Crippen molar-refractivity contribution in [3.8, 4) is 0 Å². The molecule has 0 radical (unpaired) electrons. The first-order chi connectivity index (χ1) is 6.88. The van der Waals surface area contributed by atoms with E-state index in [1.807, 2.05) is 13.8 Å². The second-order valence-corrected chi connectivity index (χ2v) is 3.87. The van der Waals surface area contributed by atoms with Crippen molar-refractivity contribution in [2.24, 2.45) is 17.4 Å². The second-order valence-electron chi connectivity index (χ2n) is 3.87. The topological polar surface area (TPSA) is 118 Å². The van der Waals surface area contributed by atoms with Crippen molar-refractivity contribution in [2.45, 2.75) is 32.4 Å². The molecule has 0 unspecified atom stereocenters. The zero-order chi connectivity index (χ0) is 12.0. The van der Waals surface area contributed by atoms with Gasteiger partial charge in [0.2, 0.25) is 5.91 Å². The van der Waals surface area contributed by atoms with E-state index in [1.165, 1.54) is 0 Å². The molecule has 0 heterocycles. The van der Waals surface area contributed by atoms with Crippen LogP contribution in [0.1, 0.15) is 20.3 Å². The summed E-state index contributed by atoms with van der Waals surface area (Å²) in [6.07, 6.45) is 0.373. The largest absolute Gasteiger partial charge is 0.480 e. The quantitative estimate of drug-likeness (QED) is 0.537. The number of carboxylic acids is 1. The number of nitrogens with one attached hydrogen (secondary N) is 1. The summed E-state index contributed by atoms with van der Waals surface area (Å²) in [6, 6.07) is -1.74. The number of aliphatic carboxylic acids is 1. The summed E-state index contributed by atoms with van der Waals surface area (Å²) < 4.78 is 0. The Morgan fingerprint density at radius 1 is 1.29 bits per heavy atom. The third-order valence-corrected chi connectivity index (χ3v) is 1.91. The van der Waals surface area contributed by atoms with E-state index in [4.69, 9.17) is 16.6 Å². The van der Waals surface area contributed by atoms with Crippen LogP contribution in [0.25, 0.3) is 0 Å². The molecule has 2 atom stereocenters. The van der Waals surface area contributed by atoms with Crippen LogP contribution in [0.2, 0.25) is 0 Å². The van der Waals surface area contributed by atoms with Gasteiger partial charge in [-0.15, -0.1) is 24.8 Å². The molecule has 1 amide bonds. The van der Waals surface area contributed by atoms with Gasteiger partial charge in [-0.25, -0.2) is 4.79 Å². The standard InChI is InChI=1S/C9H19N3O3.2ClH/c1-5(2)3-7(9(14)15)12-8(13)6(11)4-10;;/h5-7H,3-4,10-11H2,1-2H3,(H,12,13)(H,14,15);2*1H/t6-,7+;;/m0../s1. The zero-order valence-electron chi connectivity index (χ0n) is 9.88. The van der Waals surface area contributed by atoms with E-state index in [2.05, 4.69) is 5.32 Å². The van der Waals surface area contributed by atoms with Gasteiger partial charge < -0.3 is 21.9 Å². The second kappa shape index (κ2) is 10.6. The van der Waals surface area contributed by atoms with Gasteiger partial charge in [0, 0.05) is 6.54 Å². The Kier molecular flexibility index (Phi) is 13.5. The van der Waals surface area contributed by atoms with Gasteiger partial charge in [0.1, 0.15) is 6.04 Å². The number of amides is 1. The van der Waals surface area contributed by atoms with Crippen molar-refractivity contribution < 1.29 is 14.7 Å². The smallest absolute Gasteiger partial charge is 0.326 e. The van der Waals surface area contributed by atoms with Gasteiger partial charge in [-0.05, 0) is 12.3 Å². The van der Waals surface area contributed by atoms with Gasteiger partial charge in [0.05, 0.1) is 6.04 Å². The third-order valence-electron chi connectivity index (χ3n) is 1.91. The van der Waals surface area contributed by atoms with E-state index >= 15 is 0 Å². The molecule has 6 nitrogen and oxygen atoms in total. The number of nitrogens with two attached hydrogens (primary N) is 2. The first-order valence-electron chi connectivity index (χ1n) is 4.87. The van der Waals surface area contributed by atoms with E-state index in [9.17, 15) is 9.59 Å². The molecule has 0 rings (SSSR count). The maximum Gasteiger partial charge on any atom is 0.326 e. The van der Waals surface area contributed by atoms with E-state index in [0.717, 1.165) is 0 Å². The van der Waals surface area contributed by atoms with Crippen LogP contribution in [0.15, 0.2) is 0 Å². The summed E-state index contributed by atoms with van der Waals surface area (Å²) >= 11 is 0. The molecule has 0 aromatic rings. The van der Waals surface area contributed by atoms with E-state index in [1.54, 1.807) is 0 Å². The van der Waals surface area contributed by atoms with Crippen molar-refractivity contribution in [2.75, 3.05) is 6.54 Å². The average Bonchev–Trinajstić information content (AvgIpc) is 2.14. The summed E-state index contributed by atoms with van der Waals surface area (Å²) in [4.78, 5) is 22.1. The Labute approximate surface area is 113 Å². The Morgan fingerprint density at radius 2 is 1.76 bits per heavy atom. The molecule has 6 N–H and O–H groups in total. The number of halogens is 2. The summed E-state index contributed by atoms with van der Waals surface area (Å²) in [7, 11) is 0. The monoisotopic (exact) mass is 289 g/mol. The van der Waals surface area contributed by atoms with Crippen molar-refractivity contribution in [3.63, 3.8) is 0 Å². The van der Waals surface area contributed by atoms with Crippen LogP contribution < -0.4 is 16.8 Å². The SMILES string of the molecule is CC(C)C[C@@H](NC(=O)[C@@H](N)CN)C(=O)O.Cl.Cl. The first kappa shape index (κ1) is 21.7. The van der Waals surface area contributed by atoms with Crippen LogP contribution in [0, 0.1) is 5.92 Å². The van der Waals surface area contributed by atoms with Gasteiger partial charge in [-0.3, -0.25) is 4.79 Å². The van der Waals surface area contributed by atoms with E-state index in [-0.39, 0.29) is 37.3 Å². The average molecular weight is 290 g/mol. The molecule has 0 spiro atoms. The lowest BCUT2D eigenvalue weighted by molar-refractivity contribution is -0.142. The molecular formula is C9H21Cl2N3O3. The van der Waals surface area contributed by atoms with Crippen LogP contribution >= 0.6 is 24.8 Å². The van der Waals surface area contributed by atoms with Crippen LogP contribution in [-0.4, -0.2) is 35.6 Å².